The van der Waals surface area contributed by atoms with Crippen LogP contribution in [-0.4, -0.2) is 22.6 Å². The van der Waals surface area contributed by atoms with Crippen molar-refractivity contribution < 1.29 is 4.74 Å². The van der Waals surface area contributed by atoms with Gasteiger partial charge in [-0.1, -0.05) is 18.0 Å². The zero-order valence-electron chi connectivity index (χ0n) is 11.1. The maximum atomic E-state index is 6.20. The fourth-order valence-corrected chi connectivity index (χ4v) is 4.31. The first kappa shape index (κ1) is 12.9. The Labute approximate surface area is 127 Å². The van der Waals surface area contributed by atoms with Gasteiger partial charge in [0.05, 0.1) is 10.1 Å². The number of piperidine rings is 2. The summed E-state index contributed by atoms with van der Waals surface area (Å²) >= 11 is 7.56. The number of rotatable bonds is 2. The van der Waals surface area contributed by atoms with Crippen LogP contribution in [0.4, 0.5) is 0 Å². The molecule has 5 heteroatoms. The molecule has 0 amide bonds. The van der Waals surface area contributed by atoms with Gasteiger partial charge in [0.15, 0.2) is 0 Å². The minimum absolute atomic E-state index is 0.288. The smallest absolute Gasteiger partial charge is 0.233 e. The molecule has 1 aromatic heterocycles. The SMILES string of the molecule is Clc1ccc2snc(OC3C[C@H]4CCC[C@@H](C3)N4)c2c1. The van der Waals surface area contributed by atoms with E-state index in [1.165, 1.54) is 30.8 Å². The lowest BCUT2D eigenvalue weighted by Crippen LogP contribution is -2.51. The van der Waals surface area contributed by atoms with E-state index in [9.17, 15) is 0 Å². The second-order valence-corrected chi connectivity index (χ2v) is 7.07. The number of ether oxygens (including phenoxy) is 1. The summed E-state index contributed by atoms with van der Waals surface area (Å²) in [5, 5.41) is 5.48. The molecule has 2 fully saturated rings. The first-order valence-corrected chi connectivity index (χ1v) is 8.41. The third-order valence-electron chi connectivity index (χ3n) is 4.35. The van der Waals surface area contributed by atoms with E-state index in [4.69, 9.17) is 16.3 Å². The number of benzene rings is 1. The standard InChI is InChI=1S/C15H17ClN2OS/c16-9-4-5-14-13(6-9)15(18-20-14)19-12-7-10-2-1-3-11(8-12)17-10/h4-6,10-12,17H,1-3,7-8H2/t10-,11+,12?. The molecule has 0 aliphatic carbocycles. The fraction of sp³-hybridized carbons (Fsp3) is 0.533. The first-order chi connectivity index (χ1) is 9.78. The number of fused-ring (bicyclic) bond motifs is 3. The Bertz CT molecular complexity index is 617. The molecule has 3 nitrogen and oxygen atoms in total. The van der Waals surface area contributed by atoms with E-state index in [0.29, 0.717) is 12.1 Å². The van der Waals surface area contributed by atoms with Gasteiger partial charge in [-0.15, -0.1) is 0 Å². The van der Waals surface area contributed by atoms with Crippen molar-refractivity contribution in [1.29, 1.82) is 0 Å². The predicted octanol–water partition coefficient (Wildman–Crippen LogP) is 4.00. The van der Waals surface area contributed by atoms with E-state index >= 15 is 0 Å². The zero-order valence-corrected chi connectivity index (χ0v) is 12.7. The summed E-state index contributed by atoms with van der Waals surface area (Å²) in [6.07, 6.45) is 6.38. The number of aromatic nitrogens is 1. The lowest BCUT2D eigenvalue weighted by molar-refractivity contribution is 0.0911. The third kappa shape index (κ3) is 2.41. The number of hydrogen-bond acceptors (Lipinski definition) is 4. The van der Waals surface area contributed by atoms with Gasteiger partial charge in [0, 0.05) is 17.1 Å². The van der Waals surface area contributed by atoms with Crippen LogP contribution in [0.1, 0.15) is 32.1 Å². The zero-order chi connectivity index (χ0) is 13.5. The Morgan fingerprint density at radius 2 is 2.05 bits per heavy atom. The molecule has 3 heterocycles. The van der Waals surface area contributed by atoms with Crippen LogP contribution in [-0.2, 0) is 0 Å². The second-order valence-electron chi connectivity index (χ2n) is 5.83. The fourth-order valence-electron chi connectivity index (χ4n) is 3.44. The van der Waals surface area contributed by atoms with Gasteiger partial charge in [-0.2, -0.15) is 4.37 Å². The highest BCUT2D eigenvalue weighted by Crippen LogP contribution is 2.34. The molecule has 106 valence electrons. The molecule has 20 heavy (non-hydrogen) atoms. The lowest BCUT2D eigenvalue weighted by Gasteiger charge is -2.39. The molecule has 1 unspecified atom stereocenters. The van der Waals surface area contributed by atoms with Gasteiger partial charge in [0.25, 0.3) is 0 Å². The Morgan fingerprint density at radius 1 is 1.25 bits per heavy atom. The third-order valence-corrected chi connectivity index (χ3v) is 5.39. The molecule has 2 aliphatic heterocycles. The van der Waals surface area contributed by atoms with Crippen molar-refractivity contribution in [3.8, 4) is 5.88 Å². The molecule has 2 aliphatic rings. The highest BCUT2D eigenvalue weighted by atomic mass is 35.5. The van der Waals surface area contributed by atoms with Gasteiger partial charge in [-0.25, -0.2) is 0 Å². The van der Waals surface area contributed by atoms with Crippen LogP contribution in [0.5, 0.6) is 5.88 Å². The molecule has 2 saturated heterocycles. The van der Waals surface area contributed by atoms with Gasteiger partial charge in [-0.3, -0.25) is 0 Å². The molecule has 1 N–H and O–H groups in total. The van der Waals surface area contributed by atoms with Crippen molar-refractivity contribution in [2.24, 2.45) is 0 Å². The van der Waals surface area contributed by atoms with Crippen LogP contribution in [0, 0.1) is 0 Å². The maximum Gasteiger partial charge on any atom is 0.233 e. The topological polar surface area (TPSA) is 34.1 Å². The van der Waals surface area contributed by atoms with Gasteiger partial charge in [0.1, 0.15) is 6.10 Å². The van der Waals surface area contributed by atoms with E-state index in [-0.39, 0.29) is 6.10 Å². The first-order valence-electron chi connectivity index (χ1n) is 7.25. The van der Waals surface area contributed by atoms with E-state index in [1.807, 2.05) is 18.2 Å². The molecular formula is C15H17ClN2OS. The summed E-state index contributed by atoms with van der Waals surface area (Å²) in [6, 6.07) is 7.12. The van der Waals surface area contributed by atoms with E-state index in [1.54, 1.807) is 0 Å². The van der Waals surface area contributed by atoms with Crippen molar-refractivity contribution >= 4 is 33.2 Å². The highest BCUT2D eigenvalue weighted by molar-refractivity contribution is 7.13. The predicted molar refractivity (Wildman–Crippen MR) is 82.8 cm³/mol. The Hall–Kier alpha value is -0.840. The average molecular weight is 309 g/mol. The minimum atomic E-state index is 0.288. The number of nitrogens with zero attached hydrogens (tertiary/aromatic N) is 1. The normalized spacial score (nSPS) is 29.6. The molecule has 0 saturated carbocycles. The van der Waals surface area contributed by atoms with Gasteiger partial charge in [0.2, 0.25) is 5.88 Å². The summed E-state index contributed by atoms with van der Waals surface area (Å²) in [5.41, 5.74) is 0. The Morgan fingerprint density at radius 3 is 2.85 bits per heavy atom. The Kier molecular flexibility index (Phi) is 3.33. The number of nitrogens with one attached hydrogen (secondary N) is 1. The molecule has 3 atom stereocenters. The van der Waals surface area contributed by atoms with Crippen molar-refractivity contribution in [3.63, 3.8) is 0 Å². The molecule has 1 aromatic carbocycles. The van der Waals surface area contributed by atoms with E-state index in [0.717, 1.165) is 33.8 Å². The van der Waals surface area contributed by atoms with E-state index < -0.39 is 0 Å². The van der Waals surface area contributed by atoms with Gasteiger partial charge >= 0.3 is 0 Å². The van der Waals surface area contributed by atoms with Crippen LogP contribution in [0.3, 0.4) is 0 Å². The summed E-state index contributed by atoms with van der Waals surface area (Å²) < 4.78 is 11.8. The quantitative estimate of drug-likeness (QED) is 0.910. The highest BCUT2D eigenvalue weighted by Gasteiger charge is 2.32. The van der Waals surface area contributed by atoms with Crippen molar-refractivity contribution in [1.82, 2.24) is 9.69 Å². The number of halogens is 1. The van der Waals surface area contributed by atoms with Crippen LogP contribution in [0.15, 0.2) is 18.2 Å². The van der Waals surface area contributed by atoms with Crippen molar-refractivity contribution in [2.75, 3.05) is 0 Å². The molecule has 4 rings (SSSR count). The molecule has 0 radical (unpaired) electrons. The molecule has 2 bridgehead atoms. The molecule has 2 aromatic rings. The van der Waals surface area contributed by atoms with Crippen LogP contribution in [0.2, 0.25) is 5.02 Å². The largest absolute Gasteiger partial charge is 0.473 e. The van der Waals surface area contributed by atoms with Gasteiger partial charge < -0.3 is 10.1 Å². The van der Waals surface area contributed by atoms with Crippen molar-refractivity contribution in [3.05, 3.63) is 23.2 Å². The summed E-state index contributed by atoms with van der Waals surface area (Å²) in [7, 11) is 0. The molecular weight excluding hydrogens is 292 g/mol. The summed E-state index contributed by atoms with van der Waals surface area (Å²) in [4.78, 5) is 0. The lowest BCUT2D eigenvalue weighted by atomic mass is 9.85. The Balaban J connectivity index is 1.56. The maximum absolute atomic E-state index is 6.20. The minimum Gasteiger partial charge on any atom is -0.473 e. The average Bonchev–Trinajstić information content (AvgIpc) is 2.81. The van der Waals surface area contributed by atoms with Gasteiger partial charge in [-0.05, 0) is 55.4 Å². The summed E-state index contributed by atoms with van der Waals surface area (Å²) in [6.45, 7) is 0. The van der Waals surface area contributed by atoms with Crippen molar-refractivity contribution in [2.45, 2.75) is 50.3 Å². The summed E-state index contributed by atoms with van der Waals surface area (Å²) in [5.74, 6) is 0.762. The second kappa shape index (κ2) is 5.17. The van der Waals surface area contributed by atoms with E-state index in [2.05, 4.69) is 9.69 Å². The van der Waals surface area contributed by atoms with Crippen LogP contribution < -0.4 is 10.1 Å². The monoisotopic (exact) mass is 308 g/mol. The number of hydrogen-bond donors (Lipinski definition) is 1. The molecule has 0 spiro atoms. The van der Waals surface area contributed by atoms with Crippen LogP contribution >= 0.6 is 23.1 Å². The van der Waals surface area contributed by atoms with Crippen LogP contribution in [0.25, 0.3) is 10.1 Å².